The highest BCUT2D eigenvalue weighted by molar-refractivity contribution is 6.02. The number of aryl methyl sites for hydroxylation is 1. The van der Waals surface area contributed by atoms with Crippen LogP contribution in [0.2, 0.25) is 0 Å². The number of nitrogens with zero attached hydrogens (tertiary/aromatic N) is 2. The van der Waals surface area contributed by atoms with E-state index in [0.717, 1.165) is 67.7 Å². The number of nitrogens with one attached hydrogen (secondary N) is 2. The van der Waals surface area contributed by atoms with Crippen LogP contribution < -0.4 is 15.1 Å². The largest absolute Gasteiger partial charge is 0.360 e. The molecule has 0 spiro atoms. The quantitative estimate of drug-likeness (QED) is 0.621. The second-order valence-electron chi connectivity index (χ2n) is 8.33. The molecule has 0 radical (unpaired) electrons. The summed E-state index contributed by atoms with van der Waals surface area (Å²) in [6.07, 6.45) is 2.84. The first kappa shape index (κ1) is 21.3. The molecular formula is C26H33N4O+. The van der Waals surface area contributed by atoms with Crippen molar-refractivity contribution >= 4 is 28.2 Å². The van der Waals surface area contributed by atoms with Crippen LogP contribution in [0, 0.1) is 0 Å². The Balaban J connectivity index is 1.46. The number of quaternary nitrogens is 1. The second-order valence-corrected chi connectivity index (χ2v) is 8.33. The van der Waals surface area contributed by atoms with E-state index in [1.165, 1.54) is 16.2 Å². The molecule has 2 heterocycles. The molecule has 0 bridgehead atoms. The van der Waals surface area contributed by atoms with Crippen LogP contribution in [0.1, 0.15) is 31.5 Å². The SMILES string of the molecule is CCCc1nc2ccccc2c(NC(=O)C[NH+]2CCN(c3ccccc3)CC2)c1CC. The van der Waals surface area contributed by atoms with Gasteiger partial charge in [-0.3, -0.25) is 9.78 Å². The van der Waals surface area contributed by atoms with E-state index in [1.54, 1.807) is 0 Å². The van der Waals surface area contributed by atoms with Gasteiger partial charge in [0.2, 0.25) is 0 Å². The topological polar surface area (TPSA) is 49.7 Å². The van der Waals surface area contributed by atoms with Gasteiger partial charge in [-0.15, -0.1) is 0 Å². The summed E-state index contributed by atoms with van der Waals surface area (Å²) in [5, 5.41) is 4.32. The number of rotatable bonds is 7. The smallest absolute Gasteiger partial charge is 0.279 e. The van der Waals surface area contributed by atoms with Gasteiger partial charge < -0.3 is 15.1 Å². The maximum atomic E-state index is 13.0. The van der Waals surface area contributed by atoms with Crippen molar-refractivity contribution in [3.63, 3.8) is 0 Å². The molecular weight excluding hydrogens is 384 g/mol. The number of para-hydroxylation sites is 2. The highest BCUT2D eigenvalue weighted by Crippen LogP contribution is 2.29. The van der Waals surface area contributed by atoms with E-state index in [0.29, 0.717) is 6.54 Å². The van der Waals surface area contributed by atoms with Gasteiger partial charge in [0.05, 0.1) is 37.4 Å². The van der Waals surface area contributed by atoms with Crippen LogP contribution in [0.3, 0.4) is 0 Å². The van der Waals surface area contributed by atoms with Crippen molar-refractivity contribution in [3.05, 3.63) is 65.9 Å². The molecule has 0 unspecified atom stereocenters. The predicted octanol–water partition coefficient (Wildman–Crippen LogP) is 3.09. The number of pyridine rings is 1. The Morgan fingerprint density at radius 3 is 2.45 bits per heavy atom. The Hall–Kier alpha value is -2.92. The molecule has 2 aromatic carbocycles. The van der Waals surface area contributed by atoms with Gasteiger partial charge in [-0.2, -0.15) is 0 Å². The molecule has 1 fully saturated rings. The highest BCUT2D eigenvalue weighted by Gasteiger charge is 2.23. The zero-order valence-corrected chi connectivity index (χ0v) is 18.7. The minimum atomic E-state index is 0.0941. The van der Waals surface area contributed by atoms with Gasteiger partial charge in [0, 0.05) is 16.8 Å². The van der Waals surface area contributed by atoms with E-state index < -0.39 is 0 Å². The molecule has 4 rings (SSSR count). The van der Waals surface area contributed by atoms with E-state index in [4.69, 9.17) is 4.98 Å². The summed E-state index contributed by atoms with van der Waals surface area (Å²) in [6.45, 7) is 8.73. The first-order valence-corrected chi connectivity index (χ1v) is 11.5. The third-order valence-electron chi connectivity index (χ3n) is 6.19. The van der Waals surface area contributed by atoms with E-state index >= 15 is 0 Å². The summed E-state index contributed by atoms with van der Waals surface area (Å²) < 4.78 is 0. The molecule has 31 heavy (non-hydrogen) atoms. The molecule has 0 saturated carbocycles. The van der Waals surface area contributed by atoms with Gasteiger partial charge in [-0.25, -0.2) is 0 Å². The Kier molecular flexibility index (Phi) is 6.82. The van der Waals surface area contributed by atoms with E-state index in [9.17, 15) is 4.79 Å². The van der Waals surface area contributed by atoms with Gasteiger partial charge in [0.15, 0.2) is 6.54 Å². The van der Waals surface area contributed by atoms with E-state index in [-0.39, 0.29) is 5.91 Å². The molecule has 5 heteroatoms. The fraction of sp³-hybridized carbons (Fsp3) is 0.385. The van der Waals surface area contributed by atoms with E-state index in [1.807, 2.05) is 18.2 Å². The molecule has 1 aliphatic rings. The second kappa shape index (κ2) is 9.92. The lowest BCUT2D eigenvalue weighted by atomic mass is 10.0. The molecule has 1 aromatic heterocycles. The number of amides is 1. The number of piperazine rings is 1. The highest BCUT2D eigenvalue weighted by atomic mass is 16.2. The van der Waals surface area contributed by atoms with Crippen molar-refractivity contribution in [2.24, 2.45) is 0 Å². The predicted molar refractivity (Wildman–Crippen MR) is 128 cm³/mol. The van der Waals surface area contributed by atoms with Gasteiger partial charge in [0.1, 0.15) is 0 Å². The van der Waals surface area contributed by atoms with Crippen molar-refractivity contribution in [2.45, 2.75) is 33.1 Å². The third-order valence-corrected chi connectivity index (χ3v) is 6.19. The maximum absolute atomic E-state index is 13.0. The summed E-state index contributed by atoms with van der Waals surface area (Å²) in [7, 11) is 0. The molecule has 2 N–H and O–H groups in total. The van der Waals surface area contributed by atoms with Crippen molar-refractivity contribution in [1.82, 2.24) is 4.98 Å². The molecule has 1 saturated heterocycles. The van der Waals surface area contributed by atoms with Crippen LogP contribution in [0.15, 0.2) is 54.6 Å². The standard InChI is InChI=1S/C26H32N4O/c1-3-10-23-21(4-2)26(22-13-8-9-14-24(22)27-23)28-25(31)19-29-15-17-30(18-16-29)20-11-6-5-7-12-20/h5-9,11-14H,3-4,10,15-19H2,1-2H3,(H,27,28,31)/p+1. The Bertz CT molecular complexity index is 1030. The lowest BCUT2D eigenvalue weighted by molar-refractivity contribution is -0.892. The average molecular weight is 418 g/mol. The Labute approximate surface area is 185 Å². The summed E-state index contributed by atoms with van der Waals surface area (Å²) >= 11 is 0. The Morgan fingerprint density at radius 1 is 1.03 bits per heavy atom. The number of carbonyl (C=O) groups excluding carboxylic acids is 1. The fourth-order valence-corrected chi connectivity index (χ4v) is 4.58. The van der Waals surface area contributed by atoms with Crippen molar-refractivity contribution < 1.29 is 9.69 Å². The van der Waals surface area contributed by atoms with Crippen LogP contribution in [0.25, 0.3) is 10.9 Å². The van der Waals surface area contributed by atoms with Crippen molar-refractivity contribution in [1.29, 1.82) is 0 Å². The zero-order valence-electron chi connectivity index (χ0n) is 18.7. The van der Waals surface area contributed by atoms with Crippen molar-refractivity contribution in [2.75, 3.05) is 42.9 Å². The number of hydrogen-bond acceptors (Lipinski definition) is 3. The van der Waals surface area contributed by atoms with Crippen LogP contribution in [0.4, 0.5) is 11.4 Å². The van der Waals surface area contributed by atoms with Crippen molar-refractivity contribution in [3.8, 4) is 0 Å². The lowest BCUT2D eigenvalue weighted by Gasteiger charge is -2.33. The van der Waals surface area contributed by atoms with Crippen LogP contribution >= 0.6 is 0 Å². The third kappa shape index (κ3) is 4.88. The minimum Gasteiger partial charge on any atom is -0.360 e. The zero-order chi connectivity index (χ0) is 21.6. The van der Waals surface area contributed by atoms with Gasteiger partial charge in [-0.1, -0.05) is 56.7 Å². The molecule has 1 aliphatic heterocycles. The summed E-state index contributed by atoms with van der Waals surface area (Å²) in [6, 6.07) is 18.7. The summed E-state index contributed by atoms with van der Waals surface area (Å²) in [5.41, 5.74) is 5.48. The lowest BCUT2D eigenvalue weighted by Crippen LogP contribution is -3.15. The monoisotopic (exact) mass is 417 g/mol. The molecule has 1 amide bonds. The minimum absolute atomic E-state index is 0.0941. The Morgan fingerprint density at radius 2 is 1.74 bits per heavy atom. The molecule has 3 aromatic rings. The number of fused-ring (bicyclic) bond motifs is 1. The molecule has 5 nitrogen and oxygen atoms in total. The molecule has 0 atom stereocenters. The number of aromatic nitrogens is 1. The molecule has 162 valence electrons. The van der Waals surface area contributed by atoms with Crippen LogP contribution in [0.5, 0.6) is 0 Å². The van der Waals surface area contributed by atoms with Gasteiger partial charge in [0.25, 0.3) is 5.91 Å². The van der Waals surface area contributed by atoms with E-state index in [2.05, 4.69) is 60.5 Å². The van der Waals surface area contributed by atoms with Crippen LogP contribution in [-0.2, 0) is 17.6 Å². The first-order valence-electron chi connectivity index (χ1n) is 11.5. The summed E-state index contributed by atoms with van der Waals surface area (Å²) in [4.78, 5) is 21.7. The number of hydrogen-bond donors (Lipinski definition) is 2. The summed E-state index contributed by atoms with van der Waals surface area (Å²) in [5.74, 6) is 0.0941. The van der Waals surface area contributed by atoms with Crippen LogP contribution in [-0.4, -0.2) is 43.6 Å². The number of carbonyl (C=O) groups is 1. The number of benzene rings is 2. The normalized spacial score (nSPS) is 14.7. The van der Waals surface area contributed by atoms with Gasteiger partial charge >= 0.3 is 0 Å². The number of anilines is 2. The average Bonchev–Trinajstić information content (AvgIpc) is 2.80. The maximum Gasteiger partial charge on any atom is 0.279 e. The fourth-order valence-electron chi connectivity index (χ4n) is 4.58. The molecule has 0 aliphatic carbocycles. The first-order chi connectivity index (χ1) is 15.2. The van der Waals surface area contributed by atoms with Gasteiger partial charge in [-0.05, 0) is 36.6 Å².